The Labute approximate surface area is 363 Å². The average Bonchev–Trinajstić information content (AvgIpc) is 3.70. The minimum absolute atomic E-state index is 0.684. The van der Waals surface area contributed by atoms with Gasteiger partial charge in [0, 0.05) is 55.7 Å². The lowest BCUT2D eigenvalue weighted by Gasteiger charge is -2.12. The van der Waals surface area contributed by atoms with E-state index < -0.39 is 0 Å². The van der Waals surface area contributed by atoms with Gasteiger partial charge in [0.1, 0.15) is 0 Å². The third-order valence-corrected chi connectivity index (χ3v) is 11.9. The van der Waals surface area contributed by atoms with Gasteiger partial charge in [0.25, 0.3) is 0 Å². The van der Waals surface area contributed by atoms with E-state index in [0.29, 0.717) is 5.82 Å². The Bertz CT molecular complexity index is 3600. The summed E-state index contributed by atoms with van der Waals surface area (Å²) in [6.45, 7) is 0. The normalized spacial score (nSPS) is 11.5. The van der Waals surface area contributed by atoms with Gasteiger partial charge >= 0.3 is 0 Å². The number of para-hydroxylation sites is 2. The van der Waals surface area contributed by atoms with E-state index in [9.17, 15) is 0 Å². The summed E-state index contributed by atoms with van der Waals surface area (Å²) in [5, 5.41) is 4.66. The van der Waals surface area contributed by atoms with Gasteiger partial charge in [-0.25, -0.2) is 19.9 Å². The first-order valence-electron chi connectivity index (χ1n) is 21.1. The van der Waals surface area contributed by atoms with Crippen molar-refractivity contribution in [3.05, 3.63) is 219 Å². The highest BCUT2D eigenvalue weighted by molar-refractivity contribution is 6.09. The zero-order chi connectivity index (χ0) is 41.7. The topological polar surface area (TPSA) is 69.4 Å². The molecule has 0 fully saturated rings. The summed E-state index contributed by atoms with van der Waals surface area (Å²) in [4.78, 5) is 24.7. The zero-order valence-corrected chi connectivity index (χ0v) is 34.0. The Morgan fingerprint density at radius 3 is 1.57 bits per heavy atom. The second-order valence-electron chi connectivity index (χ2n) is 15.7. The molecule has 0 radical (unpaired) electrons. The molecule has 6 nitrogen and oxygen atoms in total. The van der Waals surface area contributed by atoms with Gasteiger partial charge in [0.2, 0.25) is 0 Å². The first kappa shape index (κ1) is 36.3. The molecule has 0 amide bonds. The van der Waals surface area contributed by atoms with Crippen molar-refractivity contribution in [3.8, 4) is 73.4 Å². The van der Waals surface area contributed by atoms with Gasteiger partial charge in [0.05, 0.1) is 50.5 Å². The van der Waals surface area contributed by atoms with Gasteiger partial charge in [-0.3, -0.25) is 4.98 Å². The van der Waals surface area contributed by atoms with E-state index in [1.165, 1.54) is 21.8 Å². The highest BCUT2D eigenvalue weighted by atomic mass is 15.0. The van der Waals surface area contributed by atoms with Crippen molar-refractivity contribution >= 4 is 43.6 Å². The SMILES string of the molecule is c1ccc(-c2nc(-c3ccc(-c4ccc5cc(-c6ccc7ccc(-c8ccccn8)nc7c6)ccc5n4)cc3)cc(-c3ccc(-n4c5ccccc5c5ccccc54)cc3)n2)cc1. The van der Waals surface area contributed by atoms with Crippen LogP contribution in [0.3, 0.4) is 0 Å². The van der Waals surface area contributed by atoms with Gasteiger partial charge < -0.3 is 4.57 Å². The van der Waals surface area contributed by atoms with Crippen LogP contribution < -0.4 is 0 Å². The van der Waals surface area contributed by atoms with E-state index >= 15 is 0 Å². The van der Waals surface area contributed by atoms with E-state index in [1.54, 1.807) is 6.20 Å². The van der Waals surface area contributed by atoms with Crippen LogP contribution in [0, 0.1) is 0 Å². The molecule has 12 rings (SSSR count). The molecular formula is C57H36N6. The number of nitrogens with zero attached hydrogens (tertiary/aromatic N) is 6. The van der Waals surface area contributed by atoms with Crippen molar-refractivity contribution in [3.63, 3.8) is 0 Å². The van der Waals surface area contributed by atoms with Crippen LogP contribution in [-0.4, -0.2) is 29.5 Å². The maximum absolute atomic E-state index is 5.11. The number of rotatable bonds is 7. The summed E-state index contributed by atoms with van der Waals surface area (Å²) >= 11 is 0. The summed E-state index contributed by atoms with van der Waals surface area (Å²) in [5.74, 6) is 0.684. The first-order chi connectivity index (χ1) is 31.2. The van der Waals surface area contributed by atoms with E-state index in [-0.39, 0.29) is 0 Å². The Balaban J connectivity index is 0.846. The van der Waals surface area contributed by atoms with Crippen LogP contribution in [0.2, 0.25) is 0 Å². The molecule has 6 heteroatoms. The molecule has 63 heavy (non-hydrogen) atoms. The Morgan fingerprint density at radius 1 is 0.302 bits per heavy atom. The molecule has 0 aliphatic heterocycles. The molecule has 0 atom stereocenters. The van der Waals surface area contributed by atoms with Crippen LogP contribution >= 0.6 is 0 Å². The van der Waals surface area contributed by atoms with Crippen molar-refractivity contribution in [2.75, 3.05) is 0 Å². The molecule has 294 valence electrons. The van der Waals surface area contributed by atoms with E-state index in [4.69, 9.17) is 19.9 Å². The van der Waals surface area contributed by atoms with Crippen molar-refractivity contribution in [1.29, 1.82) is 0 Å². The monoisotopic (exact) mass is 804 g/mol. The van der Waals surface area contributed by atoms with Gasteiger partial charge in [-0.1, -0.05) is 140 Å². The molecule has 0 saturated heterocycles. The third-order valence-electron chi connectivity index (χ3n) is 11.9. The second kappa shape index (κ2) is 15.1. The second-order valence-corrected chi connectivity index (χ2v) is 15.7. The number of hydrogen-bond acceptors (Lipinski definition) is 5. The molecule has 5 heterocycles. The molecule has 0 aliphatic rings. The predicted molar refractivity (Wildman–Crippen MR) is 257 cm³/mol. The standard InChI is InChI=1S/C57H36N6/c1-2-10-41(11-3-1)57-61-53(36-54(62-57)40-23-28-45(29-24-40)63-55-15-6-4-12-46(55)47-13-5-7-16-56(47)63)38-19-17-37(18-20-38)48-31-27-44-34-42(26-30-49(44)59-48)43-22-21-39-25-32-51(60-52(39)35-43)50-14-8-9-33-58-50/h1-36H. The molecule has 0 N–H and O–H groups in total. The number of hydrogen-bond donors (Lipinski definition) is 0. The van der Waals surface area contributed by atoms with Gasteiger partial charge in [-0.05, 0) is 83.9 Å². The molecule has 12 aromatic rings. The summed E-state index contributed by atoms with van der Waals surface area (Å²) in [6, 6.07) is 73.8. The first-order valence-corrected chi connectivity index (χ1v) is 21.1. The maximum atomic E-state index is 5.11. The fraction of sp³-hybridized carbons (Fsp3) is 0. The lowest BCUT2D eigenvalue weighted by atomic mass is 10.0. The molecule has 0 saturated carbocycles. The Hall–Kier alpha value is -8.61. The number of pyridine rings is 3. The number of fused-ring (bicyclic) bond motifs is 5. The van der Waals surface area contributed by atoms with Crippen molar-refractivity contribution in [2.45, 2.75) is 0 Å². The summed E-state index contributed by atoms with van der Waals surface area (Å²) < 4.78 is 2.34. The van der Waals surface area contributed by atoms with Crippen LogP contribution in [0.1, 0.15) is 0 Å². The molecule has 5 aromatic heterocycles. The number of benzene rings is 7. The van der Waals surface area contributed by atoms with E-state index in [2.05, 4.69) is 179 Å². The largest absolute Gasteiger partial charge is 0.309 e. The zero-order valence-electron chi connectivity index (χ0n) is 34.0. The van der Waals surface area contributed by atoms with Crippen molar-refractivity contribution in [1.82, 2.24) is 29.5 Å². The third kappa shape index (κ3) is 6.67. The summed E-state index contributed by atoms with van der Waals surface area (Å²) in [6.07, 6.45) is 1.80. The Morgan fingerprint density at radius 2 is 0.857 bits per heavy atom. The molecule has 0 aliphatic carbocycles. The van der Waals surface area contributed by atoms with Gasteiger partial charge in [-0.15, -0.1) is 0 Å². The van der Waals surface area contributed by atoms with Crippen LogP contribution in [0.25, 0.3) is 117 Å². The van der Waals surface area contributed by atoms with Crippen LogP contribution in [-0.2, 0) is 0 Å². The maximum Gasteiger partial charge on any atom is 0.160 e. The van der Waals surface area contributed by atoms with Crippen molar-refractivity contribution in [2.24, 2.45) is 0 Å². The van der Waals surface area contributed by atoms with E-state index in [1.807, 2.05) is 42.5 Å². The van der Waals surface area contributed by atoms with E-state index in [0.717, 1.165) is 89.3 Å². The lowest BCUT2D eigenvalue weighted by Crippen LogP contribution is -1.97. The highest BCUT2D eigenvalue weighted by Crippen LogP contribution is 2.35. The fourth-order valence-corrected chi connectivity index (χ4v) is 8.67. The predicted octanol–water partition coefficient (Wildman–Crippen LogP) is 14.1. The minimum atomic E-state index is 0.684. The van der Waals surface area contributed by atoms with Gasteiger partial charge in [-0.2, -0.15) is 0 Å². The molecule has 0 spiro atoms. The molecule has 0 bridgehead atoms. The van der Waals surface area contributed by atoms with Crippen LogP contribution in [0.15, 0.2) is 219 Å². The fourth-order valence-electron chi connectivity index (χ4n) is 8.67. The molecule has 0 unspecified atom stereocenters. The summed E-state index contributed by atoms with van der Waals surface area (Å²) in [5.41, 5.74) is 16.0. The average molecular weight is 805 g/mol. The molecular weight excluding hydrogens is 769 g/mol. The lowest BCUT2D eigenvalue weighted by molar-refractivity contribution is 1.17. The number of aromatic nitrogens is 6. The van der Waals surface area contributed by atoms with Crippen molar-refractivity contribution < 1.29 is 0 Å². The highest BCUT2D eigenvalue weighted by Gasteiger charge is 2.15. The summed E-state index contributed by atoms with van der Waals surface area (Å²) in [7, 11) is 0. The van der Waals surface area contributed by atoms with Crippen LogP contribution in [0.4, 0.5) is 0 Å². The minimum Gasteiger partial charge on any atom is -0.309 e. The smallest absolute Gasteiger partial charge is 0.160 e. The Kier molecular flexibility index (Phi) is 8.71. The molecule has 7 aromatic carbocycles. The van der Waals surface area contributed by atoms with Gasteiger partial charge in [0.15, 0.2) is 5.82 Å². The van der Waals surface area contributed by atoms with Crippen LogP contribution in [0.5, 0.6) is 0 Å². The quantitative estimate of drug-likeness (QED) is 0.160.